The van der Waals surface area contributed by atoms with Crippen molar-refractivity contribution >= 4 is 5.91 Å². The Balaban J connectivity index is 1.46. The van der Waals surface area contributed by atoms with Crippen molar-refractivity contribution in [3.05, 3.63) is 70.5 Å². The van der Waals surface area contributed by atoms with Gasteiger partial charge in [0.25, 0.3) is 5.91 Å². The van der Waals surface area contributed by atoms with Gasteiger partial charge in [0.1, 0.15) is 5.75 Å². The van der Waals surface area contributed by atoms with Crippen molar-refractivity contribution in [1.29, 1.82) is 0 Å². The maximum atomic E-state index is 12.6. The molecule has 0 unspecified atom stereocenters. The van der Waals surface area contributed by atoms with Crippen LogP contribution in [0.3, 0.4) is 0 Å². The number of carbonyl (C=O) groups excluding carboxylic acids is 1. The third-order valence-electron chi connectivity index (χ3n) is 4.78. The Kier molecular flexibility index (Phi) is 4.60. The standard InChI is InChI=1S/C20H21N5O2/c1-13-19(23-24-25(13)17-5-7-18(27-2)8-6-17)20(26)22-10-14-3-4-15-11-21-12-16(15)9-14/h3-9,21H,10-12H2,1-2H3,(H,22,26). The predicted molar refractivity (Wildman–Crippen MR) is 101 cm³/mol. The third kappa shape index (κ3) is 3.41. The molecular formula is C20H21N5O2. The molecule has 2 N–H and O–H groups in total. The van der Waals surface area contributed by atoms with E-state index in [2.05, 4.69) is 33.1 Å². The molecule has 4 rings (SSSR count). The number of carbonyl (C=O) groups is 1. The molecule has 138 valence electrons. The highest BCUT2D eigenvalue weighted by Crippen LogP contribution is 2.18. The molecule has 2 heterocycles. The first kappa shape index (κ1) is 17.2. The van der Waals surface area contributed by atoms with Crippen molar-refractivity contribution < 1.29 is 9.53 Å². The van der Waals surface area contributed by atoms with E-state index in [-0.39, 0.29) is 5.91 Å². The normalized spacial score (nSPS) is 12.7. The van der Waals surface area contributed by atoms with Gasteiger partial charge in [-0.15, -0.1) is 5.10 Å². The summed E-state index contributed by atoms with van der Waals surface area (Å²) < 4.78 is 6.82. The van der Waals surface area contributed by atoms with Gasteiger partial charge in [-0.1, -0.05) is 23.4 Å². The Bertz CT molecular complexity index is 979. The van der Waals surface area contributed by atoms with Gasteiger partial charge in [0.2, 0.25) is 0 Å². The molecule has 0 bridgehead atoms. The first-order valence-corrected chi connectivity index (χ1v) is 8.82. The maximum Gasteiger partial charge on any atom is 0.274 e. The van der Waals surface area contributed by atoms with Crippen LogP contribution in [0.25, 0.3) is 5.69 Å². The lowest BCUT2D eigenvalue weighted by atomic mass is 10.1. The fourth-order valence-corrected chi connectivity index (χ4v) is 3.23. The lowest BCUT2D eigenvalue weighted by Gasteiger charge is -2.07. The summed E-state index contributed by atoms with van der Waals surface area (Å²) in [6, 6.07) is 13.7. The molecule has 1 aromatic heterocycles. The molecule has 1 aliphatic rings. The van der Waals surface area contributed by atoms with Crippen molar-refractivity contribution in [3.8, 4) is 11.4 Å². The van der Waals surface area contributed by atoms with E-state index in [1.165, 1.54) is 11.1 Å². The number of fused-ring (bicyclic) bond motifs is 1. The summed E-state index contributed by atoms with van der Waals surface area (Å²) in [5, 5.41) is 14.4. The zero-order valence-corrected chi connectivity index (χ0v) is 15.3. The molecular weight excluding hydrogens is 342 g/mol. The minimum absolute atomic E-state index is 0.231. The van der Waals surface area contributed by atoms with Gasteiger partial charge >= 0.3 is 0 Å². The van der Waals surface area contributed by atoms with E-state index < -0.39 is 0 Å². The molecule has 7 nitrogen and oxygen atoms in total. The molecule has 0 atom stereocenters. The molecule has 0 saturated heterocycles. The summed E-state index contributed by atoms with van der Waals surface area (Å²) in [6.07, 6.45) is 0. The van der Waals surface area contributed by atoms with Gasteiger partial charge in [-0.2, -0.15) is 0 Å². The van der Waals surface area contributed by atoms with Crippen LogP contribution in [0.5, 0.6) is 5.75 Å². The van der Waals surface area contributed by atoms with E-state index >= 15 is 0 Å². The van der Waals surface area contributed by atoms with Crippen molar-refractivity contribution in [2.24, 2.45) is 0 Å². The number of aromatic nitrogens is 3. The fraction of sp³-hybridized carbons (Fsp3) is 0.250. The van der Waals surface area contributed by atoms with Crippen LogP contribution >= 0.6 is 0 Å². The Morgan fingerprint density at radius 3 is 2.74 bits per heavy atom. The summed E-state index contributed by atoms with van der Waals surface area (Å²) in [5.41, 5.74) is 5.54. The number of rotatable bonds is 5. The van der Waals surface area contributed by atoms with Crippen LogP contribution in [0, 0.1) is 6.92 Å². The average Bonchev–Trinajstić information content (AvgIpc) is 3.32. The summed E-state index contributed by atoms with van der Waals surface area (Å²) >= 11 is 0. The maximum absolute atomic E-state index is 12.6. The van der Waals surface area contributed by atoms with Crippen molar-refractivity contribution in [2.75, 3.05) is 7.11 Å². The number of methoxy groups -OCH3 is 1. The predicted octanol–water partition coefficient (Wildman–Crippen LogP) is 2.12. The molecule has 0 saturated carbocycles. The molecule has 1 aliphatic heterocycles. The van der Waals surface area contributed by atoms with Crippen LogP contribution in [0.2, 0.25) is 0 Å². The van der Waals surface area contributed by atoms with Crippen LogP contribution < -0.4 is 15.4 Å². The van der Waals surface area contributed by atoms with Gasteiger partial charge in [0, 0.05) is 19.6 Å². The molecule has 0 aliphatic carbocycles. The number of amides is 1. The van der Waals surface area contributed by atoms with E-state index in [1.807, 2.05) is 37.3 Å². The van der Waals surface area contributed by atoms with Gasteiger partial charge in [-0.05, 0) is 47.9 Å². The summed E-state index contributed by atoms with van der Waals surface area (Å²) in [4.78, 5) is 12.6. The smallest absolute Gasteiger partial charge is 0.274 e. The van der Waals surface area contributed by atoms with Gasteiger partial charge in [-0.25, -0.2) is 4.68 Å². The zero-order chi connectivity index (χ0) is 18.8. The molecule has 7 heteroatoms. The molecule has 0 spiro atoms. The second-order valence-corrected chi connectivity index (χ2v) is 6.52. The number of nitrogens with one attached hydrogen (secondary N) is 2. The minimum Gasteiger partial charge on any atom is -0.497 e. The lowest BCUT2D eigenvalue weighted by molar-refractivity contribution is 0.0945. The number of benzene rings is 2. The number of ether oxygens (including phenoxy) is 1. The van der Waals surface area contributed by atoms with E-state index in [9.17, 15) is 4.79 Å². The fourth-order valence-electron chi connectivity index (χ4n) is 3.23. The van der Waals surface area contributed by atoms with Crippen molar-refractivity contribution in [2.45, 2.75) is 26.6 Å². The molecule has 0 fully saturated rings. The van der Waals surface area contributed by atoms with Crippen molar-refractivity contribution in [1.82, 2.24) is 25.6 Å². The largest absolute Gasteiger partial charge is 0.497 e. The van der Waals surface area contributed by atoms with Crippen LogP contribution in [0.1, 0.15) is 32.9 Å². The molecule has 3 aromatic rings. The molecule has 27 heavy (non-hydrogen) atoms. The van der Waals surface area contributed by atoms with Crippen LogP contribution in [0.15, 0.2) is 42.5 Å². The number of nitrogens with zero attached hydrogens (tertiary/aromatic N) is 3. The van der Waals surface area contributed by atoms with Crippen LogP contribution in [-0.4, -0.2) is 28.0 Å². The Labute approximate surface area is 157 Å². The van der Waals surface area contributed by atoms with Crippen molar-refractivity contribution in [3.63, 3.8) is 0 Å². The zero-order valence-electron chi connectivity index (χ0n) is 15.3. The Morgan fingerprint density at radius 2 is 1.96 bits per heavy atom. The average molecular weight is 363 g/mol. The van der Waals surface area contributed by atoms with E-state index in [1.54, 1.807) is 11.8 Å². The van der Waals surface area contributed by atoms with E-state index in [4.69, 9.17) is 4.74 Å². The molecule has 1 amide bonds. The van der Waals surface area contributed by atoms with Gasteiger partial charge < -0.3 is 15.4 Å². The second kappa shape index (κ2) is 7.20. The summed E-state index contributed by atoms with van der Waals surface area (Å²) in [5.74, 6) is 0.532. The van der Waals surface area contributed by atoms with Crippen LogP contribution in [0.4, 0.5) is 0 Å². The van der Waals surface area contributed by atoms with Gasteiger partial charge in [-0.3, -0.25) is 4.79 Å². The first-order chi connectivity index (χ1) is 13.2. The highest BCUT2D eigenvalue weighted by molar-refractivity contribution is 5.93. The number of hydrogen-bond donors (Lipinski definition) is 2. The molecule has 0 radical (unpaired) electrons. The topological polar surface area (TPSA) is 81.1 Å². The van der Waals surface area contributed by atoms with Gasteiger partial charge in [0.05, 0.1) is 18.5 Å². The minimum atomic E-state index is -0.231. The Hall–Kier alpha value is -3.19. The first-order valence-electron chi connectivity index (χ1n) is 8.82. The second-order valence-electron chi connectivity index (χ2n) is 6.52. The number of hydrogen-bond acceptors (Lipinski definition) is 5. The highest BCUT2D eigenvalue weighted by atomic mass is 16.5. The summed E-state index contributed by atoms with van der Waals surface area (Å²) in [7, 11) is 1.62. The monoisotopic (exact) mass is 363 g/mol. The Morgan fingerprint density at radius 1 is 1.19 bits per heavy atom. The SMILES string of the molecule is COc1ccc(-n2nnc(C(=O)NCc3ccc4c(c3)CNC4)c2C)cc1. The van der Waals surface area contributed by atoms with Gasteiger partial charge in [0.15, 0.2) is 5.69 Å². The molecule has 2 aromatic carbocycles. The summed E-state index contributed by atoms with van der Waals surface area (Å²) in [6.45, 7) is 4.09. The third-order valence-corrected chi connectivity index (χ3v) is 4.78. The highest BCUT2D eigenvalue weighted by Gasteiger charge is 2.17. The quantitative estimate of drug-likeness (QED) is 0.726. The van der Waals surface area contributed by atoms with E-state index in [0.29, 0.717) is 17.9 Å². The lowest BCUT2D eigenvalue weighted by Crippen LogP contribution is -2.24. The van der Waals surface area contributed by atoms with E-state index in [0.717, 1.165) is 30.1 Å². The van der Waals surface area contributed by atoms with Crippen LogP contribution in [-0.2, 0) is 19.6 Å².